The summed E-state index contributed by atoms with van der Waals surface area (Å²) in [5.74, 6) is 0.841. The molecule has 2 nitrogen and oxygen atoms in total. The van der Waals surface area contributed by atoms with Gasteiger partial charge in [0.05, 0.1) is 0 Å². The minimum atomic E-state index is -0.0395. The molecule has 3 heteroatoms. The fourth-order valence-corrected chi connectivity index (χ4v) is 1.67. The normalized spacial score (nSPS) is 12.2. The van der Waals surface area contributed by atoms with E-state index in [2.05, 4.69) is 29.4 Å². The first-order valence-electron chi connectivity index (χ1n) is 5.39. The zero-order valence-corrected chi connectivity index (χ0v) is 11.4. The summed E-state index contributed by atoms with van der Waals surface area (Å²) in [7, 11) is 0. The topological polar surface area (TPSA) is 35.2 Å². The summed E-state index contributed by atoms with van der Waals surface area (Å²) in [4.78, 5) is 0. The summed E-state index contributed by atoms with van der Waals surface area (Å²) in [6.07, 6.45) is 0.935. The van der Waals surface area contributed by atoms with E-state index in [0.717, 1.165) is 27.8 Å². The minimum Gasteiger partial charge on any atom is -0.489 e. The molecular formula is C13H18BrNO. The summed E-state index contributed by atoms with van der Waals surface area (Å²) in [5, 5.41) is 0. The van der Waals surface area contributed by atoms with E-state index in [-0.39, 0.29) is 6.04 Å². The van der Waals surface area contributed by atoms with Crippen LogP contribution < -0.4 is 10.5 Å². The van der Waals surface area contributed by atoms with Crippen molar-refractivity contribution in [1.29, 1.82) is 0 Å². The third-order valence-corrected chi connectivity index (χ3v) is 2.89. The van der Waals surface area contributed by atoms with E-state index < -0.39 is 0 Å². The number of hydrogen-bond donors (Lipinski definition) is 1. The van der Waals surface area contributed by atoms with Crippen LogP contribution in [0.25, 0.3) is 0 Å². The van der Waals surface area contributed by atoms with Gasteiger partial charge in [-0.15, -0.1) is 0 Å². The van der Waals surface area contributed by atoms with Crippen LogP contribution in [0.15, 0.2) is 34.8 Å². The Hall–Kier alpha value is -0.800. The van der Waals surface area contributed by atoms with Crippen molar-refractivity contribution in [2.75, 3.05) is 6.61 Å². The van der Waals surface area contributed by atoms with Crippen LogP contribution >= 0.6 is 15.9 Å². The van der Waals surface area contributed by atoms with Crippen LogP contribution in [0.4, 0.5) is 0 Å². The SMILES string of the molecule is C=C(CC)COc1ccc(Br)cc1[C@@H](C)N. The second kappa shape index (κ2) is 6.06. The zero-order valence-electron chi connectivity index (χ0n) is 9.79. The molecular weight excluding hydrogens is 266 g/mol. The average Bonchev–Trinajstić information content (AvgIpc) is 2.26. The lowest BCUT2D eigenvalue weighted by Gasteiger charge is -2.14. The first-order valence-corrected chi connectivity index (χ1v) is 6.18. The van der Waals surface area contributed by atoms with Crippen molar-refractivity contribution < 1.29 is 4.74 Å². The van der Waals surface area contributed by atoms with Crippen LogP contribution in [-0.2, 0) is 0 Å². The van der Waals surface area contributed by atoms with Crippen molar-refractivity contribution in [1.82, 2.24) is 0 Å². The van der Waals surface area contributed by atoms with Gasteiger partial charge in [-0.05, 0) is 37.1 Å². The second-order valence-corrected chi connectivity index (χ2v) is 4.78. The standard InChI is InChI=1S/C13H18BrNO/c1-4-9(2)8-16-13-6-5-11(14)7-12(13)10(3)15/h5-7,10H,2,4,8,15H2,1,3H3/t10-/m1/s1. The summed E-state index contributed by atoms with van der Waals surface area (Å²) in [6, 6.07) is 5.85. The molecule has 0 amide bonds. The molecule has 88 valence electrons. The number of hydrogen-bond acceptors (Lipinski definition) is 2. The molecule has 1 rings (SSSR count). The molecule has 0 saturated carbocycles. The van der Waals surface area contributed by atoms with Crippen molar-refractivity contribution in [3.63, 3.8) is 0 Å². The highest BCUT2D eigenvalue weighted by molar-refractivity contribution is 9.10. The van der Waals surface area contributed by atoms with Crippen LogP contribution in [-0.4, -0.2) is 6.61 Å². The molecule has 0 radical (unpaired) electrons. The molecule has 1 aromatic carbocycles. The van der Waals surface area contributed by atoms with Gasteiger partial charge in [0.2, 0.25) is 0 Å². The van der Waals surface area contributed by atoms with Crippen molar-refractivity contribution in [3.05, 3.63) is 40.4 Å². The highest BCUT2D eigenvalue weighted by Crippen LogP contribution is 2.27. The molecule has 0 fully saturated rings. The maximum atomic E-state index is 5.90. The summed E-state index contributed by atoms with van der Waals surface area (Å²) in [6.45, 7) is 8.49. The molecule has 0 aliphatic carbocycles. The molecule has 1 aromatic rings. The van der Waals surface area contributed by atoms with Gasteiger partial charge in [0.25, 0.3) is 0 Å². The highest BCUT2D eigenvalue weighted by atomic mass is 79.9. The number of ether oxygens (including phenoxy) is 1. The van der Waals surface area contributed by atoms with Crippen LogP contribution in [0.2, 0.25) is 0 Å². The van der Waals surface area contributed by atoms with E-state index in [4.69, 9.17) is 10.5 Å². The molecule has 2 N–H and O–H groups in total. The van der Waals surface area contributed by atoms with Gasteiger partial charge in [-0.1, -0.05) is 29.4 Å². The van der Waals surface area contributed by atoms with Gasteiger partial charge in [-0.2, -0.15) is 0 Å². The largest absolute Gasteiger partial charge is 0.489 e. The van der Waals surface area contributed by atoms with Crippen LogP contribution in [0.5, 0.6) is 5.75 Å². The van der Waals surface area contributed by atoms with Gasteiger partial charge in [0.1, 0.15) is 12.4 Å². The summed E-state index contributed by atoms with van der Waals surface area (Å²) < 4.78 is 6.72. The van der Waals surface area contributed by atoms with E-state index in [9.17, 15) is 0 Å². The van der Waals surface area contributed by atoms with Crippen LogP contribution in [0, 0.1) is 0 Å². The van der Waals surface area contributed by atoms with Gasteiger partial charge in [-0.25, -0.2) is 0 Å². The lowest BCUT2D eigenvalue weighted by Crippen LogP contribution is -2.09. The van der Waals surface area contributed by atoms with E-state index in [0.29, 0.717) is 6.61 Å². The van der Waals surface area contributed by atoms with E-state index in [1.54, 1.807) is 0 Å². The fraction of sp³-hybridized carbons (Fsp3) is 0.385. The molecule has 0 aromatic heterocycles. The Morgan fingerprint density at radius 3 is 2.81 bits per heavy atom. The van der Waals surface area contributed by atoms with Gasteiger partial charge in [0.15, 0.2) is 0 Å². The number of halogens is 1. The Labute approximate surface area is 106 Å². The monoisotopic (exact) mass is 283 g/mol. The Balaban J connectivity index is 2.82. The summed E-state index contributed by atoms with van der Waals surface area (Å²) >= 11 is 3.43. The number of rotatable bonds is 5. The first kappa shape index (κ1) is 13.3. The number of benzene rings is 1. The quantitative estimate of drug-likeness (QED) is 0.834. The molecule has 0 aliphatic rings. The van der Waals surface area contributed by atoms with Crippen molar-refractivity contribution in [3.8, 4) is 5.75 Å². The molecule has 0 heterocycles. The molecule has 0 spiro atoms. The second-order valence-electron chi connectivity index (χ2n) is 3.86. The van der Waals surface area contributed by atoms with E-state index in [1.165, 1.54) is 0 Å². The van der Waals surface area contributed by atoms with Crippen molar-refractivity contribution in [2.45, 2.75) is 26.3 Å². The highest BCUT2D eigenvalue weighted by Gasteiger charge is 2.08. The minimum absolute atomic E-state index is 0.0395. The maximum Gasteiger partial charge on any atom is 0.124 e. The van der Waals surface area contributed by atoms with Gasteiger partial charge >= 0.3 is 0 Å². The smallest absolute Gasteiger partial charge is 0.124 e. The Bertz CT molecular complexity index is 374. The van der Waals surface area contributed by atoms with Crippen LogP contribution in [0.1, 0.15) is 31.9 Å². The molecule has 0 unspecified atom stereocenters. The van der Waals surface area contributed by atoms with Crippen molar-refractivity contribution >= 4 is 15.9 Å². The van der Waals surface area contributed by atoms with Gasteiger partial charge in [-0.3, -0.25) is 0 Å². The van der Waals surface area contributed by atoms with Gasteiger partial charge in [0, 0.05) is 16.1 Å². The molecule has 16 heavy (non-hydrogen) atoms. The predicted molar refractivity (Wildman–Crippen MR) is 71.7 cm³/mol. The summed E-state index contributed by atoms with van der Waals surface area (Å²) in [5.41, 5.74) is 7.99. The lowest BCUT2D eigenvalue weighted by molar-refractivity contribution is 0.343. The molecule has 0 saturated heterocycles. The number of nitrogens with two attached hydrogens (primary N) is 1. The maximum absolute atomic E-state index is 5.90. The zero-order chi connectivity index (χ0) is 12.1. The third-order valence-electron chi connectivity index (χ3n) is 2.39. The Morgan fingerprint density at radius 2 is 2.25 bits per heavy atom. The lowest BCUT2D eigenvalue weighted by atomic mass is 10.1. The Kier molecular flexibility index (Phi) is 5.03. The molecule has 1 atom stereocenters. The third kappa shape index (κ3) is 3.65. The molecule has 0 bridgehead atoms. The van der Waals surface area contributed by atoms with Gasteiger partial charge < -0.3 is 10.5 Å². The Morgan fingerprint density at radius 1 is 1.56 bits per heavy atom. The predicted octanol–water partition coefficient (Wildman–Crippen LogP) is 3.81. The average molecular weight is 284 g/mol. The van der Waals surface area contributed by atoms with E-state index >= 15 is 0 Å². The van der Waals surface area contributed by atoms with Crippen LogP contribution in [0.3, 0.4) is 0 Å². The fourth-order valence-electron chi connectivity index (χ4n) is 1.29. The molecule has 0 aliphatic heterocycles. The van der Waals surface area contributed by atoms with Crippen molar-refractivity contribution in [2.24, 2.45) is 5.73 Å². The van der Waals surface area contributed by atoms with E-state index in [1.807, 2.05) is 25.1 Å². The first-order chi connectivity index (χ1) is 7.54.